The Morgan fingerprint density at radius 1 is 1.00 bits per heavy atom. The number of carbonyl (C=O) groups is 2. The van der Waals surface area contributed by atoms with Crippen LogP contribution in [0, 0.1) is 0 Å². The first-order valence-corrected chi connectivity index (χ1v) is 11.3. The summed E-state index contributed by atoms with van der Waals surface area (Å²) in [7, 11) is 0. The Labute approximate surface area is 179 Å². The molecule has 9 heteroatoms. The van der Waals surface area contributed by atoms with Gasteiger partial charge in [-0.3, -0.25) is 9.69 Å². The van der Waals surface area contributed by atoms with E-state index in [0.29, 0.717) is 0 Å². The predicted molar refractivity (Wildman–Crippen MR) is 112 cm³/mol. The van der Waals surface area contributed by atoms with Gasteiger partial charge in [-0.2, -0.15) is 13.2 Å². The second kappa shape index (κ2) is 17.3. The Morgan fingerprint density at radius 2 is 1.53 bits per heavy atom. The average Bonchev–Trinajstić information content (AvgIpc) is 2.70. The van der Waals surface area contributed by atoms with E-state index in [1.807, 2.05) is 0 Å². The second-order valence-electron chi connectivity index (χ2n) is 7.68. The summed E-state index contributed by atoms with van der Waals surface area (Å²) in [4.78, 5) is 23.7. The maximum absolute atomic E-state index is 12.4. The molecule has 0 aromatic carbocycles. The van der Waals surface area contributed by atoms with Crippen LogP contribution < -0.4 is 10.6 Å². The lowest BCUT2D eigenvalue weighted by Gasteiger charge is -2.35. The number of nitrogens with zero attached hydrogens (tertiary/aromatic N) is 1. The summed E-state index contributed by atoms with van der Waals surface area (Å²) in [6.07, 6.45) is 7.65. The molecule has 178 valence electrons. The van der Waals surface area contributed by atoms with Crippen molar-refractivity contribution in [2.45, 2.75) is 90.3 Å². The zero-order valence-corrected chi connectivity index (χ0v) is 18.5. The van der Waals surface area contributed by atoms with E-state index >= 15 is 0 Å². The molecule has 0 aromatic heterocycles. The number of halogens is 3. The highest BCUT2D eigenvalue weighted by Crippen LogP contribution is 2.13. The van der Waals surface area contributed by atoms with Gasteiger partial charge in [-0.25, -0.2) is 4.79 Å². The maximum atomic E-state index is 12.4. The van der Waals surface area contributed by atoms with E-state index in [2.05, 4.69) is 29.4 Å². The van der Waals surface area contributed by atoms with Crippen LogP contribution in [0.3, 0.4) is 0 Å². The van der Waals surface area contributed by atoms with Gasteiger partial charge in [0.05, 0.1) is 0 Å². The first kappa shape index (κ1) is 28.6. The number of carbonyl (C=O) groups excluding carboxylic acids is 1. The number of alkyl halides is 3. The van der Waals surface area contributed by atoms with Crippen molar-refractivity contribution in [1.29, 1.82) is 0 Å². The lowest BCUT2D eigenvalue weighted by Crippen LogP contribution is -2.58. The standard InChI is InChI=1S/C19H39N3O.C2HF3O2/c1-3-5-7-9-10-12-15-22-16-14-20-17-18(22)19(23)21-13-11-8-6-4-2;3-2(4,5)1(6)7/h18,20H,3-17H2,1-2H3,(H,21,23);(H,6,7). The predicted octanol–water partition coefficient (Wildman–Crippen LogP) is 3.95. The van der Waals surface area contributed by atoms with Crippen molar-refractivity contribution in [2.75, 3.05) is 32.7 Å². The highest BCUT2D eigenvalue weighted by molar-refractivity contribution is 5.82. The molecule has 0 saturated carbocycles. The van der Waals surface area contributed by atoms with Crippen LogP contribution in [0.5, 0.6) is 0 Å². The quantitative estimate of drug-likeness (QED) is 0.379. The van der Waals surface area contributed by atoms with E-state index in [1.54, 1.807) is 0 Å². The minimum absolute atomic E-state index is 0.0329. The largest absolute Gasteiger partial charge is 0.490 e. The van der Waals surface area contributed by atoms with Crippen molar-refractivity contribution < 1.29 is 27.9 Å². The first-order chi connectivity index (χ1) is 14.2. The molecule has 1 unspecified atom stereocenters. The van der Waals surface area contributed by atoms with Crippen molar-refractivity contribution in [3.05, 3.63) is 0 Å². The molecule has 1 aliphatic rings. The number of piperazine rings is 1. The first-order valence-electron chi connectivity index (χ1n) is 11.3. The van der Waals surface area contributed by atoms with E-state index < -0.39 is 12.1 Å². The van der Waals surface area contributed by atoms with Crippen molar-refractivity contribution in [1.82, 2.24) is 15.5 Å². The third-order valence-corrected chi connectivity index (χ3v) is 5.03. The van der Waals surface area contributed by atoms with E-state index in [9.17, 15) is 18.0 Å². The Balaban J connectivity index is 0.00000103. The topological polar surface area (TPSA) is 81.7 Å². The molecule has 1 amide bonds. The molecule has 0 aromatic rings. The molecule has 3 N–H and O–H groups in total. The van der Waals surface area contributed by atoms with Gasteiger partial charge in [0.1, 0.15) is 6.04 Å². The van der Waals surface area contributed by atoms with Gasteiger partial charge in [0.25, 0.3) is 0 Å². The SMILES string of the molecule is CCCCCCCCN1CCNCC1C(=O)NCCCCCC.O=C(O)C(F)(F)F. The van der Waals surface area contributed by atoms with E-state index in [4.69, 9.17) is 9.90 Å². The number of unbranched alkanes of at least 4 members (excludes halogenated alkanes) is 8. The molecule has 30 heavy (non-hydrogen) atoms. The average molecular weight is 440 g/mol. The highest BCUT2D eigenvalue weighted by Gasteiger charge is 2.38. The number of aliphatic carboxylic acids is 1. The Bertz CT molecular complexity index is 463. The molecule has 1 rings (SSSR count). The fraction of sp³-hybridized carbons (Fsp3) is 0.905. The third-order valence-electron chi connectivity index (χ3n) is 5.03. The molecule has 1 saturated heterocycles. The van der Waals surface area contributed by atoms with Crippen LogP contribution in [0.25, 0.3) is 0 Å². The van der Waals surface area contributed by atoms with Crippen molar-refractivity contribution >= 4 is 11.9 Å². The van der Waals surface area contributed by atoms with Gasteiger partial charge < -0.3 is 15.7 Å². The van der Waals surface area contributed by atoms with Crippen molar-refractivity contribution in [3.8, 4) is 0 Å². The van der Waals surface area contributed by atoms with Crippen LogP contribution in [-0.4, -0.2) is 66.8 Å². The van der Waals surface area contributed by atoms with Crippen LogP contribution >= 0.6 is 0 Å². The zero-order chi connectivity index (χ0) is 22.8. The minimum atomic E-state index is -5.08. The van der Waals surface area contributed by atoms with Crippen molar-refractivity contribution in [3.63, 3.8) is 0 Å². The second-order valence-corrected chi connectivity index (χ2v) is 7.68. The van der Waals surface area contributed by atoms with Crippen LogP contribution in [0.15, 0.2) is 0 Å². The molecule has 1 heterocycles. The Kier molecular flexibility index (Phi) is 16.6. The van der Waals surface area contributed by atoms with Crippen LogP contribution in [0.4, 0.5) is 13.2 Å². The summed E-state index contributed by atoms with van der Waals surface area (Å²) in [6.45, 7) is 9.19. The van der Waals surface area contributed by atoms with Gasteiger partial charge in [-0.1, -0.05) is 65.2 Å². The third kappa shape index (κ3) is 14.6. The number of hydrogen-bond donors (Lipinski definition) is 3. The fourth-order valence-corrected chi connectivity index (χ4v) is 3.25. The monoisotopic (exact) mass is 439 g/mol. The molecule has 1 aliphatic heterocycles. The summed E-state index contributed by atoms with van der Waals surface area (Å²) in [6, 6.07) is 0.0329. The maximum Gasteiger partial charge on any atom is 0.490 e. The number of nitrogens with one attached hydrogen (secondary N) is 2. The van der Waals surface area contributed by atoms with Crippen LogP contribution in [0.1, 0.15) is 78.1 Å². The molecule has 0 spiro atoms. The summed E-state index contributed by atoms with van der Waals surface area (Å²) < 4.78 is 31.7. The molecule has 1 atom stereocenters. The summed E-state index contributed by atoms with van der Waals surface area (Å²) in [5.74, 6) is -2.54. The van der Waals surface area contributed by atoms with E-state index in [0.717, 1.165) is 39.1 Å². The molecule has 0 radical (unpaired) electrons. The molecular weight excluding hydrogens is 399 g/mol. The zero-order valence-electron chi connectivity index (χ0n) is 18.5. The van der Waals surface area contributed by atoms with E-state index in [-0.39, 0.29) is 11.9 Å². The van der Waals surface area contributed by atoms with E-state index in [1.165, 1.54) is 57.8 Å². The number of rotatable bonds is 13. The van der Waals surface area contributed by atoms with Gasteiger partial charge in [0, 0.05) is 26.2 Å². The highest BCUT2D eigenvalue weighted by atomic mass is 19.4. The fourth-order valence-electron chi connectivity index (χ4n) is 3.25. The number of hydrogen-bond acceptors (Lipinski definition) is 4. The van der Waals surface area contributed by atoms with Crippen LogP contribution in [0.2, 0.25) is 0 Å². The Hall–Kier alpha value is -1.35. The number of carboxylic acids is 1. The van der Waals surface area contributed by atoms with Gasteiger partial charge >= 0.3 is 12.1 Å². The number of amides is 1. The van der Waals surface area contributed by atoms with Crippen molar-refractivity contribution in [2.24, 2.45) is 0 Å². The molecule has 1 fully saturated rings. The minimum Gasteiger partial charge on any atom is -0.475 e. The lowest BCUT2D eigenvalue weighted by molar-refractivity contribution is -0.192. The Morgan fingerprint density at radius 3 is 2.10 bits per heavy atom. The molecule has 0 bridgehead atoms. The van der Waals surface area contributed by atoms with Gasteiger partial charge in [-0.05, 0) is 19.4 Å². The summed E-state index contributed by atoms with van der Waals surface area (Å²) >= 11 is 0. The van der Waals surface area contributed by atoms with Gasteiger partial charge in [-0.15, -0.1) is 0 Å². The molecular formula is C21H40F3N3O3. The smallest absolute Gasteiger partial charge is 0.475 e. The van der Waals surface area contributed by atoms with Gasteiger partial charge in [0.2, 0.25) is 5.91 Å². The lowest BCUT2D eigenvalue weighted by atomic mass is 10.1. The van der Waals surface area contributed by atoms with Crippen LogP contribution in [-0.2, 0) is 9.59 Å². The molecule has 0 aliphatic carbocycles. The van der Waals surface area contributed by atoms with Gasteiger partial charge in [0.15, 0.2) is 0 Å². The summed E-state index contributed by atoms with van der Waals surface area (Å²) in [5.41, 5.74) is 0. The summed E-state index contributed by atoms with van der Waals surface area (Å²) in [5, 5.41) is 13.6. The molecule has 6 nitrogen and oxygen atoms in total. The number of carboxylic acid groups (broad SMARTS) is 1. The normalized spacial score (nSPS) is 17.2.